The van der Waals surface area contributed by atoms with E-state index < -0.39 is 5.97 Å². The molecule has 0 bridgehead atoms. The first-order valence-corrected chi connectivity index (χ1v) is 5.57. The van der Waals surface area contributed by atoms with Crippen LogP contribution in [0.5, 0.6) is 0 Å². The third-order valence-electron chi connectivity index (χ3n) is 1.95. The van der Waals surface area contributed by atoms with E-state index in [-0.39, 0.29) is 29.8 Å². The Hall–Kier alpha value is -1.47. The van der Waals surface area contributed by atoms with Gasteiger partial charge in [0, 0.05) is 18.5 Å². The minimum atomic E-state index is -1.15. The van der Waals surface area contributed by atoms with E-state index in [4.69, 9.17) is 10.2 Å². The molecule has 88 valence electrons. The Labute approximate surface area is 96.2 Å². The van der Waals surface area contributed by atoms with Crippen LogP contribution in [-0.4, -0.2) is 51.7 Å². The van der Waals surface area contributed by atoms with Crippen molar-refractivity contribution in [1.82, 2.24) is 9.88 Å². The Kier molecular flexibility index (Phi) is 4.39. The van der Waals surface area contributed by atoms with Crippen LogP contribution in [0.3, 0.4) is 0 Å². The predicted octanol–water partition coefficient (Wildman–Crippen LogP) is 0.296. The molecule has 0 atom stereocenters. The van der Waals surface area contributed by atoms with Crippen LogP contribution >= 0.6 is 11.3 Å². The van der Waals surface area contributed by atoms with E-state index in [9.17, 15) is 9.59 Å². The van der Waals surface area contributed by atoms with Crippen molar-refractivity contribution >= 4 is 23.2 Å². The molecule has 1 aromatic heterocycles. The van der Waals surface area contributed by atoms with Gasteiger partial charge in [-0.1, -0.05) is 0 Å². The van der Waals surface area contributed by atoms with E-state index >= 15 is 0 Å². The average molecular weight is 244 g/mol. The molecule has 0 radical (unpaired) electrons. The molecule has 0 aliphatic carbocycles. The Morgan fingerprint density at radius 1 is 1.56 bits per heavy atom. The van der Waals surface area contributed by atoms with Gasteiger partial charge >= 0.3 is 5.97 Å². The number of aromatic carboxylic acids is 1. The first kappa shape index (κ1) is 12.6. The van der Waals surface area contributed by atoms with E-state index in [2.05, 4.69) is 4.98 Å². The van der Waals surface area contributed by atoms with Crippen LogP contribution in [0.4, 0.5) is 0 Å². The molecule has 0 aliphatic heterocycles. The van der Waals surface area contributed by atoms with E-state index in [1.165, 1.54) is 10.3 Å². The van der Waals surface area contributed by atoms with Crippen LogP contribution in [0.25, 0.3) is 0 Å². The Bertz CT molecular complexity index is 391. The van der Waals surface area contributed by atoms with Gasteiger partial charge in [-0.25, -0.2) is 9.78 Å². The number of hydrogen-bond donors (Lipinski definition) is 2. The lowest BCUT2D eigenvalue weighted by molar-refractivity contribution is 0.0691. The van der Waals surface area contributed by atoms with E-state index in [1.807, 2.05) is 0 Å². The largest absolute Gasteiger partial charge is 0.476 e. The lowest BCUT2D eigenvalue weighted by atomic mass is 10.4. The van der Waals surface area contributed by atoms with Crippen molar-refractivity contribution in [2.75, 3.05) is 19.7 Å². The molecule has 1 amide bonds. The van der Waals surface area contributed by atoms with Gasteiger partial charge in [0.25, 0.3) is 5.91 Å². The highest BCUT2D eigenvalue weighted by Crippen LogP contribution is 2.12. The maximum absolute atomic E-state index is 11.8. The monoisotopic (exact) mass is 244 g/mol. The van der Waals surface area contributed by atoms with Crippen molar-refractivity contribution in [1.29, 1.82) is 0 Å². The fraction of sp³-hybridized carbons (Fsp3) is 0.444. The third kappa shape index (κ3) is 2.77. The number of nitrogens with zero attached hydrogens (tertiary/aromatic N) is 2. The van der Waals surface area contributed by atoms with E-state index in [0.717, 1.165) is 11.3 Å². The van der Waals surface area contributed by atoms with Gasteiger partial charge in [-0.3, -0.25) is 4.79 Å². The van der Waals surface area contributed by atoms with Gasteiger partial charge in [0.05, 0.1) is 6.61 Å². The molecule has 1 aromatic rings. The van der Waals surface area contributed by atoms with Crippen LogP contribution in [0.2, 0.25) is 0 Å². The van der Waals surface area contributed by atoms with Crippen LogP contribution < -0.4 is 0 Å². The molecule has 1 heterocycles. The molecular weight excluding hydrogens is 232 g/mol. The molecule has 6 nitrogen and oxygen atoms in total. The number of aliphatic hydroxyl groups excluding tert-OH is 1. The molecule has 0 unspecified atom stereocenters. The summed E-state index contributed by atoms with van der Waals surface area (Å²) >= 11 is 0.991. The fourth-order valence-electron chi connectivity index (χ4n) is 1.13. The summed E-state index contributed by atoms with van der Waals surface area (Å²) in [6.45, 7) is 2.31. The zero-order valence-electron chi connectivity index (χ0n) is 8.71. The fourth-order valence-corrected chi connectivity index (χ4v) is 1.89. The van der Waals surface area contributed by atoms with E-state index in [1.54, 1.807) is 6.92 Å². The molecular formula is C9H12N2O4S. The number of rotatable bonds is 5. The number of carbonyl (C=O) groups is 2. The average Bonchev–Trinajstić information content (AvgIpc) is 2.74. The zero-order valence-corrected chi connectivity index (χ0v) is 9.53. The maximum Gasteiger partial charge on any atom is 0.355 e. The van der Waals surface area contributed by atoms with Crippen molar-refractivity contribution in [2.45, 2.75) is 6.92 Å². The number of hydrogen-bond acceptors (Lipinski definition) is 5. The first-order chi connectivity index (χ1) is 7.60. The molecule has 7 heteroatoms. The summed E-state index contributed by atoms with van der Waals surface area (Å²) in [7, 11) is 0. The quantitative estimate of drug-likeness (QED) is 0.777. The number of carbonyl (C=O) groups excluding carboxylic acids is 1. The highest BCUT2D eigenvalue weighted by atomic mass is 32.1. The normalized spacial score (nSPS) is 10.1. The van der Waals surface area contributed by atoms with Crippen LogP contribution in [0.1, 0.15) is 27.2 Å². The number of aliphatic hydroxyl groups is 1. The van der Waals surface area contributed by atoms with Gasteiger partial charge in [-0.05, 0) is 6.92 Å². The minimum Gasteiger partial charge on any atom is -0.476 e. The molecule has 0 fully saturated rings. The molecule has 2 N–H and O–H groups in total. The predicted molar refractivity (Wildman–Crippen MR) is 57.7 cm³/mol. The Morgan fingerprint density at radius 3 is 2.69 bits per heavy atom. The SMILES string of the molecule is CCN(CCO)C(=O)c1nc(C(=O)O)cs1. The summed E-state index contributed by atoms with van der Waals surface area (Å²) in [4.78, 5) is 27.5. The van der Waals surface area contributed by atoms with Gasteiger partial charge < -0.3 is 15.1 Å². The highest BCUT2D eigenvalue weighted by Gasteiger charge is 2.19. The number of carboxylic acids is 1. The summed E-state index contributed by atoms with van der Waals surface area (Å²) in [5.74, 6) is -1.51. The molecule has 0 aromatic carbocycles. The smallest absolute Gasteiger partial charge is 0.355 e. The van der Waals surface area contributed by atoms with Crippen molar-refractivity contribution in [3.05, 3.63) is 16.1 Å². The Balaban J connectivity index is 2.82. The number of likely N-dealkylation sites (N-methyl/N-ethyl adjacent to an activating group) is 1. The highest BCUT2D eigenvalue weighted by molar-refractivity contribution is 7.11. The van der Waals surface area contributed by atoms with Crippen LogP contribution in [0, 0.1) is 0 Å². The summed E-state index contributed by atoms with van der Waals surface area (Å²) in [5, 5.41) is 18.9. The molecule has 16 heavy (non-hydrogen) atoms. The number of carboxylic acid groups (broad SMARTS) is 1. The van der Waals surface area contributed by atoms with Gasteiger partial charge in [0.2, 0.25) is 0 Å². The molecule has 0 saturated carbocycles. The topological polar surface area (TPSA) is 90.7 Å². The van der Waals surface area contributed by atoms with Crippen LogP contribution in [0.15, 0.2) is 5.38 Å². The van der Waals surface area contributed by atoms with Crippen LogP contribution in [-0.2, 0) is 0 Å². The number of thiazole rings is 1. The summed E-state index contributed by atoms with van der Waals surface area (Å²) in [5.41, 5.74) is -0.131. The first-order valence-electron chi connectivity index (χ1n) is 4.69. The molecule has 0 aliphatic rings. The molecule has 0 spiro atoms. The van der Waals surface area contributed by atoms with Crippen molar-refractivity contribution in [3.8, 4) is 0 Å². The summed E-state index contributed by atoms with van der Waals surface area (Å²) in [6.07, 6.45) is 0. The summed E-state index contributed by atoms with van der Waals surface area (Å²) in [6, 6.07) is 0. The van der Waals surface area contributed by atoms with Gasteiger partial charge in [-0.15, -0.1) is 11.3 Å². The van der Waals surface area contributed by atoms with Gasteiger partial charge in [0.1, 0.15) is 0 Å². The molecule has 0 saturated heterocycles. The zero-order chi connectivity index (χ0) is 12.1. The lowest BCUT2D eigenvalue weighted by Crippen LogP contribution is -2.33. The second-order valence-electron chi connectivity index (χ2n) is 2.95. The van der Waals surface area contributed by atoms with Gasteiger partial charge in [-0.2, -0.15) is 0 Å². The third-order valence-corrected chi connectivity index (χ3v) is 2.78. The van der Waals surface area contributed by atoms with Gasteiger partial charge in [0.15, 0.2) is 10.7 Å². The Morgan fingerprint density at radius 2 is 2.25 bits per heavy atom. The minimum absolute atomic E-state index is 0.128. The van der Waals surface area contributed by atoms with Crippen molar-refractivity contribution < 1.29 is 19.8 Å². The maximum atomic E-state index is 11.8. The second-order valence-corrected chi connectivity index (χ2v) is 3.81. The molecule has 1 rings (SSSR count). The van der Waals surface area contributed by atoms with Crippen molar-refractivity contribution in [2.24, 2.45) is 0 Å². The number of aromatic nitrogens is 1. The standard InChI is InChI=1S/C9H12N2O4S/c1-2-11(3-4-12)8(13)7-10-6(5-16-7)9(14)15/h5,12H,2-4H2,1H3,(H,14,15). The van der Waals surface area contributed by atoms with E-state index in [0.29, 0.717) is 6.54 Å². The van der Waals surface area contributed by atoms with Crippen molar-refractivity contribution in [3.63, 3.8) is 0 Å². The second kappa shape index (κ2) is 5.57. The summed E-state index contributed by atoms with van der Waals surface area (Å²) < 4.78 is 0. The number of amides is 1. The lowest BCUT2D eigenvalue weighted by Gasteiger charge is -2.17.